The quantitative estimate of drug-likeness (QED) is 0.797. The van der Waals surface area contributed by atoms with E-state index < -0.39 is 5.82 Å². The molecule has 0 aliphatic carbocycles. The summed E-state index contributed by atoms with van der Waals surface area (Å²) >= 11 is 0. The maximum Gasteiger partial charge on any atom is 0.165 e. The lowest BCUT2D eigenvalue weighted by molar-refractivity contribution is 0.291. The second-order valence-corrected chi connectivity index (χ2v) is 4.75. The van der Waals surface area contributed by atoms with Crippen molar-refractivity contribution < 1.29 is 9.13 Å². The van der Waals surface area contributed by atoms with Gasteiger partial charge >= 0.3 is 0 Å². The fourth-order valence-electron chi connectivity index (χ4n) is 2.23. The third kappa shape index (κ3) is 2.85. The van der Waals surface area contributed by atoms with Crippen molar-refractivity contribution in [1.29, 1.82) is 0 Å². The molecule has 1 heterocycles. The van der Waals surface area contributed by atoms with Gasteiger partial charge in [0, 0.05) is 23.7 Å². The number of hydrogen-bond donors (Lipinski definition) is 1. The smallest absolute Gasteiger partial charge is 0.165 e. The maximum atomic E-state index is 13.9. The summed E-state index contributed by atoms with van der Waals surface area (Å²) in [6.45, 7) is 0.581. The van der Waals surface area contributed by atoms with Gasteiger partial charge in [-0.1, -0.05) is 30.3 Å². The Kier molecular flexibility index (Phi) is 3.79. The number of benzene rings is 2. The first kappa shape index (κ1) is 13.5. The Morgan fingerprint density at radius 3 is 2.76 bits per heavy atom. The summed E-state index contributed by atoms with van der Waals surface area (Å²) in [7, 11) is 0. The molecule has 0 saturated carbocycles. The largest absolute Gasteiger partial charge is 0.486 e. The van der Waals surface area contributed by atoms with Gasteiger partial charge in [-0.25, -0.2) is 4.39 Å². The molecule has 0 saturated heterocycles. The Morgan fingerprint density at radius 1 is 1.10 bits per heavy atom. The van der Waals surface area contributed by atoms with Crippen LogP contribution in [0.5, 0.6) is 5.75 Å². The first-order valence-electron chi connectivity index (χ1n) is 6.72. The second kappa shape index (κ2) is 5.89. The van der Waals surface area contributed by atoms with E-state index in [1.165, 1.54) is 6.07 Å². The van der Waals surface area contributed by atoms with Gasteiger partial charge in [-0.15, -0.1) is 0 Å². The Balaban J connectivity index is 1.84. The highest BCUT2D eigenvalue weighted by atomic mass is 19.1. The van der Waals surface area contributed by atoms with Crippen LogP contribution >= 0.6 is 0 Å². The van der Waals surface area contributed by atoms with Gasteiger partial charge in [0.2, 0.25) is 0 Å². The number of hydrogen-bond acceptors (Lipinski definition) is 3. The van der Waals surface area contributed by atoms with Gasteiger partial charge in [0.1, 0.15) is 6.61 Å². The van der Waals surface area contributed by atoms with Gasteiger partial charge in [0.05, 0.1) is 5.52 Å². The topological polar surface area (TPSA) is 48.1 Å². The lowest BCUT2D eigenvalue weighted by Gasteiger charge is -2.10. The van der Waals surface area contributed by atoms with Crippen LogP contribution in [0, 0.1) is 5.82 Å². The molecule has 0 amide bonds. The van der Waals surface area contributed by atoms with Crippen LogP contribution in [-0.2, 0) is 13.2 Å². The average Bonchev–Trinajstić information content (AvgIpc) is 2.53. The van der Waals surface area contributed by atoms with Gasteiger partial charge in [-0.05, 0) is 23.8 Å². The number of fused-ring (bicyclic) bond motifs is 1. The van der Waals surface area contributed by atoms with Crippen molar-refractivity contribution in [3.63, 3.8) is 0 Å². The molecule has 3 aromatic rings. The zero-order valence-electron chi connectivity index (χ0n) is 11.4. The average molecular weight is 282 g/mol. The van der Waals surface area contributed by atoms with Gasteiger partial charge in [-0.3, -0.25) is 4.98 Å². The second-order valence-electron chi connectivity index (χ2n) is 4.75. The normalized spacial score (nSPS) is 10.8. The van der Waals surface area contributed by atoms with Crippen LogP contribution < -0.4 is 10.5 Å². The van der Waals surface area contributed by atoms with E-state index in [-0.39, 0.29) is 12.4 Å². The molecule has 0 bridgehead atoms. The van der Waals surface area contributed by atoms with Crippen molar-refractivity contribution in [2.75, 3.05) is 0 Å². The summed E-state index contributed by atoms with van der Waals surface area (Å²) in [6, 6.07) is 14.5. The minimum Gasteiger partial charge on any atom is -0.486 e. The highest BCUT2D eigenvalue weighted by Crippen LogP contribution is 2.22. The van der Waals surface area contributed by atoms with E-state index in [1.54, 1.807) is 18.3 Å². The molecular weight excluding hydrogens is 267 g/mol. The molecule has 2 N–H and O–H groups in total. The fourth-order valence-corrected chi connectivity index (χ4v) is 2.23. The summed E-state index contributed by atoms with van der Waals surface area (Å²) in [5, 5.41) is 1.04. The molecule has 3 rings (SSSR count). The molecule has 2 aromatic carbocycles. The molecule has 106 valence electrons. The van der Waals surface area contributed by atoms with E-state index in [0.717, 1.165) is 22.0 Å². The number of para-hydroxylation sites is 1. The van der Waals surface area contributed by atoms with Gasteiger partial charge < -0.3 is 10.5 Å². The highest BCUT2D eigenvalue weighted by Gasteiger charge is 2.07. The predicted molar refractivity (Wildman–Crippen MR) is 80.4 cm³/mol. The molecule has 0 atom stereocenters. The Hall–Kier alpha value is -2.46. The maximum absolute atomic E-state index is 13.9. The molecule has 0 fully saturated rings. The first-order valence-corrected chi connectivity index (χ1v) is 6.72. The van der Waals surface area contributed by atoms with E-state index >= 15 is 0 Å². The Labute approximate surface area is 122 Å². The number of halogens is 1. The van der Waals surface area contributed by atoms with E-state index in [9.17, 15) is 4.39 Å². The molecule has 0 unspecified atom stereocenters. The third-order valence-corrected chi connectivity index (χ3v) is 3.33. The number of nitrogens with zero attached hydrogens (tertiary/aromatic N) is 1. The lowest BCUT2D eigenvalue weighted by Crippen LogP contribution is -2.01. The summed E-state index contributed by atoms with van der Waals surface area (Å²) < 4.78 is 19.4. The van der Waals surface area contributed by atoms with Crippen molar-refractivity contribution in [3.05, 3.63) is 71.7 Å². The molecule has 0 aliphatic heterocycles. The molecule has 0 radical (unpaired) electrons. The molecule has 1 aromatic heterocycles. The number of aromatic nitrogens is 1. The molecule has 0 aliphatic rings. The van der Waals surface area contributed by atoms with Crippen molar-refractivity contribution in [1.82, 2.24) is 4.98 Å². The van der Waals surface area contributed by atoms with E-state index in [4.69, 9.17) is 10.5 Å². The fraction of sp³-hybridized carbons (Fsp3) is 0.118. The van der Waals surface area contributed by atoms with E-state index in [2.05, 4.69) is 4.98 Å². The van der Waals surface area contributed by atoms with Crippen LogP contribution in [0.15, 0.2) is 54.7 Å². The van der Waals surface area contributed by atoms with Crippen molar-refractivity contribution in [2.24, 2.45) is 5.73 Å². The molecule has 4 heteroatoms. The molecule has 0 spiro atoms. The summed E-state index contributed by atoms with van der Waals surface area (Å²) in [5.74, 6) is -0.175. The predicted octanol–water partition coefficient (Wildman–Crippen LogP) is 3.41. The zero-order valence-corrected chi connectivity index (χ0v) is 11.4. The molecule has 21 heavy (non-hydrogen) atoms. The Bertz CT molecular complexity index is 768. The number of rotatable bonds is 4. The van der Waals surface area contributed by atoms with Crippen LogP contribution in [0.25, 0.3) is 10.9 Å². The standard InChI is InChI=1S/C17H15FN2O/c18-15-9-12(10-19)6-7-16(15)21-11-14-4-1-3-13-5-2-8-20-17(13)14/h1-9H,10-11,19H2. The van der Waals surface area contributed by atoms with E-state index in [0.29, 0.717) is 6.54 Å². The number of pyridine rings is 1. The van der Waals surface area contributed by atoms with Gasteiger partial charge in [0.25, 0.3) is 0 Å². The third-order valence-electron chi connectivity index (χ3n) is 3.33. The Morgan fingerprint density at radius 2 is 1.95 bits per heavy atom. The SMILES string of the molecule is NCc1ccc(OCc2cccc3cccnc23)c(F)c1. The summed E-state index contributed by atoms with van der Waals surface area (Å²) in [4.78, 5) is 4.35. The van der Waals surface area contributed by atoms with Crippen molar-refractivity contribution in [3.8, 4) is 5.75 Å². The van der Waals surface area contributed by atoms with Gasteiger partial charge in [-0.2, -0.15) is 0 Å². The summed E-state index contributed by atoms with van der Waals surface area (Å²) in [6.07, 6.45) is 1.74. The van der Waals surface area contributed by atoms with Crippen LogP contribution in [0.3, 0.4) is 0 Å². The number of ether oxygens (including phenoxy) is 1. The van der Waals surface area contributed by atoms with Crippen LogP contribution in [0.4, 0.5) is 4.39 Å². The number of nitrogens with two attached hydrogens (primary N) is 1. The van der Waals surface area contributed by atoms with Crippen LogP contribution in [-0.4, -0.2) is 4.98 Å². The summed E-state index contributed by atoms with van der Waals surface area (Å²) in [5.41, 5.74) is 8.02. The van der Waals surface area contributed by atoms with E-state index in [1.807, 2.05) is 30.3 Å². The van der Waals surface area contributed by atoms with Crippen molar-refractivity contribution >= 4 is 10.9 Å². The lowest BCUT2D eigenvalue weighted by atomic mass is 10.1. The van der Waals surface area contributed by atoms with Crippen LogP contribution in [0.1, 0.15) is 11.1 Å². The molecule has 3 nitrogen and oxygen atoms in total. The molecular formula is C17H15FN2O. The minimum absolute atomic E-state index is 0.222. The highest BCUT2D eigenvalue weighted by molar-refractivity contribution is 5.81. The zero-order chi connectivity index (χ0) is 14.7. The first-order chi connectivity index (χ1) is 10.3. The monoisotopic (exact) mass is 282 g/mol. The van der Waals surface area contributed by atoms with Gasteiger partial charge in [0.15, 0.2) is 11.6 Å². The van der Waals surface area contributed by atoms with Crippen LogP contribution in [0.2, 0.25) is 0 Å². The van der Waals surface area contributed by atoms with Crippen molar-refractivity contribution in [2.45, 2.75) is 13.2 Å². The minimum atomic E-state index is -0.397.